The normalized spacial score (nSPS) is 16.0. The molecule has 3 N–H and O–H groups in total. The molecular formula is C12H15NO4. The van der Waals surface area contributed by atoms with Crippen LogP contribution >= 0.6 is 0 Å². The first-order chi connectivity index (χ1) is 8.19. The Morgan fingerprint density at radius 1 is 1.41 bits per heavy atom. The molecule has 17 heavy (non-hydrogen) atoms. The number of hydrogen-bond acceptors (Lipinski definition) is 4. The predicted molar refractivity (Wildman–Crippen MR) is 62.0 cm³/mol. The number of carbonyl (C=O) groups excluding carboxylic acids is 1. The van der Waals surface area contributed by atoms with E-state index in [-0.39, 0.29) is 19.1 Å². The SMILES string of the molecule is O=C1CCc2ccc(OCC(O)CO)cc2N1. The molecule has 1 atom stereocenters. The molecule has 0 aromatic heterocycles. The summed E-state index contributed by atoms with van der Waals surface area (Å²) in [5, 5.41) is 20.6. The van der Waals surface area contributed by atoms with E-state index >= 15 is 0 Å². The maximum atomic E-state index is 11.2. The number of aryl methyl sites for hydroxylation is 1. The molecule has 0 radical (unpaired) electrons. The molecule has 92 valence electrons. The van der Waals surface area contributed by atoms with E-state index in [0.29, 0.717) is 12.2 Å². The van der Waals surface area contributed by atoms with Crippen molar-refractivity contribution in [2.24, 2.45) is 0 Å². The van der Waals surface area contributed by atoms with E-state index in [1.54, 1.807) is 12.1 Å². The molecule has 0 saturated heterocycles. The molecule has 2 rings (SSSR count). The van der Waals surface area contributed by atoms with E-state index in [0.717, 1.165) is 17.7 Å². The fourth-order valence-electron chi connectivity index (χ4n) is 1.69. The molecule has 0 fully saturated rings. The van der Waals surface area contributed by atoms with E-state index in [9.17, 15) is 4.79 Å². The predicted octanol–water partition coefficient (Wildman–Crippen LogP) is 0.303. The Kier molecular flexibility index (Phi) is 3.61. The van der Waals surface area contributed by atoms with Gasteiger partial charge in [-0.3, -0.25) is 4.79 Å². The van der Waals surface area contributed by atoms with Crippen LogP contribution in [0.15, 0.2) is 18.2 Å². The molecule has 0 bridgehead atoms. The van der Waals surface area contributed by atoms with E-state index in [1.165, 1.54) is 0 Å². The zero-order chi connectivity index (χ0) is 12.3. The van der Waals surface area contributed by atoms with Crippen molar-refractivity contribution in [3.05, 3.63) is 23.8 Å². The Hall–Kier alpha value is -1.59. The summed E-state index contributed by atoms with van der Waals surface area (Å²) in [6.45, 7) is -0.301. The summed E-state index contributed by atoms with van der Waals surface area (Å²) in [6.07, 6.45) is 0.359. The van der Waals surface area contributed by atoms with Gasteiger partial charge in [-0.2, -0.15) is 0 Å². The van der Waals surface area contributed by atoms with Gasteiger partial charge in [0.15, 0.2) is 0 Å². The number of aliphatic hydroxyl groups is 2. The van der Waals surface area contributed by atoms with Crippen LogP contribution in [0.1, 0.15) is 12.0 Å². The lowest BCUT2D eigenvalue weighted by molar-refractivity contribution is -0.116. The fourth-order valence-corrected chi connectivity index (χ4v) is 1.69. The summed E-state index contributed by atoms with van der Waals surface area (Å²) in [7, 11) is 0. The molecule has 0 spiro atoms. The van der Waals surface area contributed by atoms with Crippen LogP contribution in [0.25, 0.3) is 0 Å². The number of hydrogen-bond donors (Lipinski definition) is 3. The van der Waals surface area contributed by atoms with Crippen molar-refractivity contribution >= 4 is 11.6 Å². The lowest BCUT2D eigenvalue weighted by Crippen LogP contribution is -2.22. The van der Waals surface area contributed by atoms with Crippen molar-refractivity contribution in [3.63, 3.8) is 0 Å². The third kappa shape index (κ3) is 2.95. The average Bonchev–Trinajstić information content (AvgIpc) is 2.35. The highest BCUT2D eigenvalue weighted by Gasteiger charge is 2.15. The van der Waals surface area contributed by atoms with Gasteiger partial charge in [0.2, 0.25) is 5.91 Å². The number of anilines is 1. The van der Waals surface area contributed by atoms with Gasteiger partial charge in [-0.1, -0.05) is 6.07 Å². The third-order valence-electron chi connectivity index (χ3n) is 2.63. The van der Waals surface area contributed by atoms with E-state index in [4.69, 9.17) is 14.9 Å². The standard InChI is InChI=1S/C12H15NO4/c14-6-9(15)7-17-10-3-1-8-2-4-12(16)13-11(8)5-10/h1,3,5,9,14-15H,2,4,6-7H2,(H,13,16). The zero-order valence-corrected chi connectivity index (χ0v) is 9.35. The van der Waals surface area contributed by atoms with Crippen molar-refractivity contribution < 1.29 is 19.7 Å². The number of ether oxygens (including phenoxy) is 1. The topological polar surface area (TPSA) is 78.8 Å². The molecule has 5 heteroatoms. The van der Waals surface area contributed by atoms with Crippen LogP contribution in [0.4, 0.5) is 5.69 Å². The maximum absolute atomic E-state index is 11.2. The first kappa shape index (κ1) is 11.9. The minimum atomic E-state index is -0.888. The van der Waals surface area contributed by atoms with Gasteiger partial charge >= 0.3 is 0 Å². The smallest absolute Gasteiger partial charge is 0.224 e. The van der Waals surface area contributed by atoms with Gasteiger partial charge in [-0.05, 0) is 18.1 Å². The Balaban J connectivity index is 2.05. The van der Waals surface area contributed by atoms with Crippen molar-refractivity contribution in [1.82, 2.24) is 0 Å². The molecule has 0 aliphatic carbocycles. The average molecular weight is 237 g/mol. The molecule has 1 aromatic rings. The molecule has 1 aliphatic rings. The zero-order valence-electron chi connectivity index (χ0n) is 9.35. The van der Waals surface area contributed by atoms with Gasteiger partial charge in [0.25, 0.3) is 0 Å². The molecule has 5 nitrogen and oxygen atoms in total. The van der Waals surface area contributed by atoms with Crippen LogP contribution in [0, 0.1) is 0 Å². The van der Waals surface area contributed by atoms with Crippen molar-refractivity contribution in [1.29, 1.82) is 0 Å². The van der Waals surface area contributed by atoms with Crippen LogP contribution in [0.2, 0.25) is 0 Å². The lowest BCUT2D eigenvalue weighted by atomic mass is 10.0. The van der Waals surface area contributed by atoms with Crippen LogP contribution in [-0.2, 0) is 11.2 Å². The molecule has 1 aliphatic heterocycles. The second-order valence-electron chi connectivity index (χ2n) is 4.01. The second-order valence-corrected chi connectivity index (χ2v) is 4.01. The van der Waals surface area contributed by atoms with E-state index in [1.807, 2.05) is 6.07 Å². The van der Waals surface area contributed by atoms with Gasteiger partial charge < -0.3 is 20.3 Å². The maximum Gasteiger partial charge on any atom is 0.224 e. The van der Waals surface area contributed by atoms with Gasteiger partial charge in [0, 0.05) is 18.2 Å². The van der Waals surface area contributed by atoms with Gasteiger partial charge in [0.05, 0.1) is 6.61 Å². The van der Waals surface area contributed by atoms with Crippen LogP contribution in [-0.4, -0.2) is 35.4 Å². The Morgan fingerprint density at radius 2 is 2.24 bits per heavy atom. The van der Waals surface area contributed by atoms with E-state index in [2.05, 4.69) is 5.32 Å². The fraction of sp³-hybridized carbons (Fsp3) is 0.417. The highest BCUT2D eigenvalue weighted by Crippen LogP contribution is 2.27. The molecule has 1 unspecified atom stereocenters. The lowest BCUT2D eigenvalue weighted by Gasteiger charge is -2.18. The summed E-state index contributed by atoms with van der Waals surface area (Å²) < 4.78 is 5.30. The number of nitrogens with one attached hydrogen (secondary N) is 1. The van der Waals surface area contributed by atoms with Crippen molar-refractivity contribution in [3.8, 4) is 5.75 Å². The summed E-state index contributed by atoms with van der Waals surface area (Å²) in [5.41, 5.74) is 1.84. The molecule has 1 heterocycles. The van der Waals surface area contributed by atoms with Gasteiger partial charge in [0.1, 0.15) is 18.5 Å². The number of aliphatic hydroxyl groups excluding tert-OH is 2. The summed E-state index contributed by atoms with van der Waals surface area (Å²) in [6, 6.07) is 5.42. The monoisotopic (exact) mass is 237 g/mol. The van der Waals surface area contributed by atoms with Crippen molar-refractivity contribution in [2.45, 2.75) is 18.9 Å². The highest BCUT2D eigenvalue weighted by molar-refractivity contribution is 5.94. The van der Waals surface area contributed by atoms with Gasteiger partial charge in [-0.25, -0.2) is 0 Å². The Bertz CT molecular complexity index is 419. The van der Waals surface area contributed by atoms with E-state index < -0.39 is 6.10 Å². The van der Waals surface area contributed by atoms with Crippen molar-refractivity contribution in [2.75, 3.05) is 18.5 Å². The first-order valence-corrected chi connectivity index (χ1v) is 5.53. The third-order valence-corrected chi connectivity index (χ3v) is 2.63. The minimum absolute atomic E-state index is 0.00467. The molecule has 1 amide bonds. The largest absolute Gasteiger partial charge is 0.491 e. The highest BCUT2D eigenvalue weighted by atomic mass is 16.5. The Morgan fingerprint density at radius 3 is 3.00 bits per heavy atom. The number of rotatable bonds is 4. The van der Waals surface area contributed by atoms with Crippen LogP contribution in [0.5, 0.6) is 5.75 Å². The van der Waals surface area contributed by atoms with Crippen LogP contribution < -0.4 is 10.1 Å². The first-order valence-electron chi connectivity index (χ1n) is 5.53. The molecular weight excluding hydrogens is 222 g/mol. The summed E-state index contributed by atoms with van der Waals surface area (Å²) >= 11 is 0. The summed E-state index contributed by atoms with van der Waals surface area (Å²) in [5.74, 6) is 0.573. The number of amides is 1. The number of carbonyl (C=O) groups is 1. The quantitative estimate of drug-likeness (QED) is 0.704. The summed E-state index contributed by atoms with van der Waals surface area (Å²) in [4.78, 5) is 11.2. The second kappa shape index (κ2) is 5.16. The van der Waals surface area contributed by atoms with Crippen LogP contribution in [0.3, 0.4) is 0 Å². The number of benzene rings is 1. The van der Waals surface area contributed by atoms with Gasteiger partial charge in [-0.15, -0.1) is 0 Å². The number of fused-ring (bicyclic) bond motifs is 1. The Labute approximate surface area is 99.0 Å². The molecule has 0 saturated carbocycles. The minimum Gasteiger partial charge on any atom is -0.491 e. The molecule has 1 aromatic carbocycles.